The van der Waals surface area contributed by atoms with Crippen LogP contribution >= 0.6 is 68.0 Å². The summed E-state index contributed by atoms with van der Waals surface area (Å²) in [6, 6.07) is 18.8. The summed E-state index contributed by atoms with van der Waals surface area (Å²) in [7, 11) is 0. The van der Waals surface area contributed by atoms with Gasteiger partial charge in [-0.15, -0.1) is 45.3 Å². The first-order chi connectivity index (χ1) is 24.2. The van der Waals surface area contributed by atoms with E-state index in [1.165, 1.54) is 45.3 Å². The highest BCUT2D eigenvalue weighted by molar-refractivity contribution is 7.33. The van der Waals surface area contributed by atoms with Crippen molar-refractivity contribution in [3.8, 4) is 40.7 Å². The first-order valence-corrected chi connectivity index (χ1v) is 19.6. The van der Waals surface area contributed by atoms with Crippen molar-refractivity contribution in [3.05, 3.63) is 108 Å². The molecule has 6 heterocycles. The number of benzene rings is 4. The number of halogens is 6. The van der Waals surface area contributed by atoms with Crippen LogP contribution in [0, 0.1) is 34.9 Å². The van der Waals surface area contributed by atoms with E-state index < -0.39 is 34.9 Å². The Morgan fingerprint density at radius 1 is 0.360 bits per heavy atom. The molecule has 0 N–H and O–H groups in total. The highest BCUT2D eigenvalue weighted by Crippen LogP contribution is 2.46. The second-order valence-electron chi connectivity index (χ2n) is 11.4. The fraction of sp³-hybridized carbons (Fsp3) is 0. The van der Waals surface area contributed by atoms with E-state index in [0.29, 0.717) is 9.75 Å². The molecular weight excluding hydrogens is 767 g/mol. The van der Waals surface area contributed by atoms with Crippen molar-refractivity contribution in [3.63, 3.8) is 0 Å². The minimum Gasteiger partial charge on any atom is -0.222 e. The predicted molar refractivity (Wildman–Crippen MR) is 198 cm³/mol. The van der Waals surface area contributed by atoms with Gasteiger partial charge in [0.15, 0.2) is 32.9 Å². The molecule has 0 aliphatic heterocycles. The summed E-state index contributed by atoms with van der Waals surface area (Å²) in [4.78, 5) is 14.1. The molecule has 0 amide bonds. The van der Waals surface area contributed by atoms with Crippen LogP contribution in [0.25, 0.3) is 90.7 Å². The Morgan fingerprint density at radius 2 is 0.680 bits per heavy atom. The molecule has 0 aliphatic carbocycles. The van der Waals surface area contributed by atoms with Gasteiger partial charge in [0.1, 0.15) is 21.6 Å². The van der Waals surface area contributed by atoms with Gasteiger partial charge in [-0.2, -0.15) is 0 Å². The first kappa shape index (κ1) is 30.6. The van der Waals surface area contributed by atoms with Crippen LogP contribution in [0.3, 0.4) is 0 Å². The number of thiophene rings is 4. The minimum absolute atomic E-state index is 0.330. The lowest BCUT2D eigenvalue weighted by Crippen LogP contribution is -1.92. The number of nitrogens with zero attached hydrogens (tertiary/aromatic N) is 2. The van der Waals surface area contributed by atoms with E-state index in [9.17, 15) is 26.3 Å². The third kappa shape index (κ3) is 4.77. The van der Waals surface area contributed by atoms with E-state index in [-0.39, 0.29) is 11.1 Å². The van der Waals surface area contributed by atoms with Crippen LogP contribution in [-0.4, -0.2) is 9.97 Å². The molecule has 6 aromatic heterocycles. The molecule has 10 aromatic rings. The van der Waals surface area contributed by atoms with Crippen molar-refractivity contribution in [2.45, 2.75) is 0 Å². The normalized spacial score (nSPS) is 12.2. The molecule has 0 saturated carbocycles. The van der Waals surface area contributed by atoms with Gasteiger partial charge >= 0.3 is 0 Å². The van der Waals surface area contributed by atoms with Crippen LogP contribution < -0.4 is 0 Å². The van der Waals surface area contributed by atoms with Crippen molar-refractivity contribution in [1.82, 2.24) is 9.97 Å². The smallest absolute Gasteiger partial charge is 0.170 e. The number of hydrogen-bond donors (Lipinski definition) is 0. The molecule has 2 nitrogen and oxygen atoms in total. The minimum atomic E-state index is -1.19. The van der Waals surface area contributed by atoms with E-state index in [1.54, 1.807) is 34.8 Å². The van der Waals surface area contributed by atoms with Gasteiger partial charge in [0.25, 0.3) is 0 Å². The maximum atomic E-state index is 14.5. The molecule has 10 rings (SSSR count). The fourth-order valence-electron chi connectivity index (χ4n) is 5.96. The maximum Gasteiger partial charge on any atom is 0.170 e. The molecule has 0 saturated heterocycles. The predicted octanol–water partition coefficient (Wildman–Crippen LogP) is 14.1. The molecule has 0 spiro atoms. The second-order valence-corrected chi connectivity index (χ2v) is 17.7. The number of hydrogen-bond acceptors (Lipinski definition) is 8. The van der Waals surface area contributed by atoms with Gasteiger partial charge in [-0.25, -0.2) is 36.3 Å². The standard InChI is InChI=1S/C36H12F6N2S6/c37-17-1-3-19(39)31(41)29(17)25-9-13-5-23-15(7-21(13)45-25)11-27(47-23)33-43-35-36(49-33)44-34(50-35)28-12-16-8-22-14(6-24(16)48-28)10-26(46-22)30-18(38)2-4-20(40)32(30)42/h1-12H. The summed E-state index contributed by atoms with van der Waals surface area (Å²) in [5, 5.41) is 5.27. The molecule has 0 atom stereocenters. The summed E-state index contributed by atoms with van der Waals surface area (Å²) < 4.78 is 89.1. The Labute approximate surface area is 300 Å². The van der Waals surface area contributed by atoms with Crippen molar-refractivity contribution in [2.24, 2.45) is 0 Å². The average molecular weight is 779 g/mol. The number of thiazole rings is 2. The summed E-state index contributed by atoms with van der Waals surface area (Å²) in [5.41, 5.74) is -0.709. The molecule has 0 fully saturated rings. The third-order valence-electron chi connectivity index (χ3n) is 8.29. The lowest BCUT2D eigenvalue weighted by Gasteiger charge is -2.02. The van der Waals surface area contributed by atoms with Gasteiger partial charge in [-0.1, -0.05) is 22.7 Å². The van der Waals surface area contributed by atoms with Crippen LogP contribution in [0.5, 0.6) is 0 Å². The first-order valence-electron chi connectivity index (χ1n) is 14.7. The van der Waals surface area contributed by atoms with Gasteiger partial charge in [0, 0.05) is 28.6 Å². The van der Waals surface area contributed by atoms with Gasteiger partial charge in [0.2, 0.25) is 0 Å². The van der Waals surface area contributed by atoms with Crippen molar-refractivity contribution >= 4 is 118 Å². The zero-order valence-corrected chi connectivity index (χ0v) is 29.4. The number of rotatable bonds is 4. The highest BCUT2D eigenvalue weighted by atomic mass is 32.1. The van der Waals surface area contributed by atoms with Gasteiger partial charge in [-0.05, 0) is 94.3 Å². The van der Waals surface area contributed by atoms with E-state index in [1.807, 2.05) is 36.4 Å². The molecule has 0 unspecified atom stereocenters. The molecule has 4 aromatic carbocycles. The zero-order valence-electron chi connectivity index (χ0n) is 24.5. The molecule has 0 bridgehead atoms. The topological polar surface area (TPSA) is 25.8 Å². The van der Waals surface area contributed by atoms with E-state index in [4.69, 9.17) is 9.97 Å². The van der Waals surface area contributed by atoms with E-state index in [2.05, 4.69) is 0 Å². The fourth-order valence-corrected chi connectivity index (χ4v) is 12.5. The number of aromatic nitrogens is 2. The van der Waals surface area contributed by atoms with E-state index in [0.717, 1.165) is 94.0 Å². The SMILES string of the molecule is Fc1ccc(F)c(-c2cc3cc4sc(-c5nc6sc(-c7cc8cc9sc(-c%10c(F)ccc(F)c%10F)cc9cc8s7)nc6s5)cc4cc3s2)c1F. The largest absolute Gasteiger partial charge is 0.222 e. The van der Waals surface area contributed by atoms with Gasteiger partial charge < -0.3 is 0 Å². The molecular formula is C36H12F6N2S6. The van der Waals surface area contributed by atoms with Crippen molar-refractivity contribution in [2.75, 3.05) is 0 Å². The van der Waals surface area contributed by atoms with Gasteiger partial charge in [0.05, 0.1) is 20.9 Å². The lowest BCUT2D eigenvalue weighted by molar-refractivity contribution is 0.499. The van der Waals surface area contributed by atoms with Crippen LogP contribution in [0.15, 0.2) is 72.8 Å². The van der Waals surface area contributed by atoms with E-state index >= 15 is 0 Å². The highest BCUT2D eigenvalue weighted by Gasteiger charge is 2.21. The lowest BCUT2D eigenvalue weighted by atomic mass is 10.1. The maximum absolute atomic E-state index is 14.5. The molecule has 0 radical (unpaired) electrons. The second kappa shape index (κ2) is 11.2. The Bertz CT molecular complexity index is 2700. The molecule has 244 valence electrons. The van der Waals surface area contributed by atoms with Crippen LogP contribution in [-0.2, 0) is 0 Å². The van der Waals surface area contributed by atoms with Gasteiger partial charge in [-0.3, -0.25) is 0 Å². The molecule has 50 heavy (non-hydrogen) atoms. The van der Waals surface area contributed by atoms with Crippen LogP contribution in [0.2, 0.25) is 0 Å². The Hall–Kier alpha value is -4.18. The van der Waals surface area contributed by atoms with Crippen molar-refractivity contribution in [1.29, 1.82) is 0 Å². The quantitative estimate of drug-likeness (QED) is 0.131. The monoisotopic (exact) mass is 778 g/mol. The average Bonchev–Trinajstić information content (AvgIpc) is 3.92. The number of fused-ring (bicyclic) bond motifs is 5. The molecule has 0 aliphatic rings. The zero-order chi connectivity index (χ0) is 34.0. The van der Waals surface area contributed by atoms with Crippen molar-refractivity contribution < 1.29 is 26.3 Å². The van der Waals surface area contributed by atoms with Crippen LogP contribution in [0.4, 0.5) is 26.3 Å². The Kier molecular flexibility index (Phi) is 6.84. The summed E-state index contributed by atoms with van der Waals surface area (Å²) >= 11 is 8.58. The third-order valence-corrected chi connectivity index (χ3v) is 15.1. The summed E-state index contributed by atoms with van der Waals surface area (Å²) in [5.74, 6) is -6.16. The Morgan fingerprint density at radius 3 is 1.06 bits per heavy atom. The summed E-state index contributed by atoms with van der Waals surface area (Å²) in [6.07, 6.45) is 0. The molecule has 14 heteroatoms. The Balaban J connectivity index is 0.951. The van der Waals surface area contributed by atoms with Crippen LogP contribution in [0.1, 0.15) is 0 Å². The summed E-state index contributed by atoms with van der Waals surface area (Å²) in [6.45, 7) is 0.